The first-order chi connectivity index (χ1) is 15.0. The summed E-state index contributed by atoms with van der Waals surface area (Å²) in [6, 6.07) is 21.8. The molecule has 0 spiro atoms. The molecule has 4 rings (SSSR count). The van der Waals surface area contributed by atoms with Crippen molar-refractivity contribution in [3.63, 3.8) is 0 Å². The van der Waals surface area contributed by atoms with Crippen LogP contribution >= 0.6 is 11.8 Å². The van der Waals surface area contributed by atoms with Crippen molar-refractivity contribution in [1.82, 2.24) is 0 Å². The van der Waals surface area contributed by atoms with Gasteiger partial charge < -0.3 is 5.32 Å². The van der Waals surface area contributed by atoms with E-state index < -0.39 is 0 Å². The Morgan fingerprint density at radius 3 is 2.55 bits per heavy atom. The van der Waals surface area contributed by atoms with E-state index >= 15 is 0 Å². The van der Waals surface area contributed by atoms with Crippen molar-refractivity contribution in [2.75, 3.05) is 16.0 Å². The molecule has 0 radical (unpaired) electrons. The van der Waals surface area contributed by atoms with Gasteiger partial charge in [0.15, 0.2) is 0 Å². The quantitative estimate of drug-likeness (QED) is 0.537. The Morgan fingerprint density at radius 2 is 1.84 bits per heavy atom. The van der Waals surface area contributed by atoms with E-state index in [-0.39, 0.29) is 23.0 Å². The Labute approximate surface area is 184 Å². The number of nitrogens with one attached hydrogen (secondary N) is 1. The van der Waals surface area contributed by atoms with Crippen LogP contribution in [0.2, 0.25) is 0 Å². The highest BCUT2D eigenvalue weighted by atomic mass is 32.2. The Balaban J connectivity index is 1.46. The van der Waals surface area contributed by atoms with E-state index in [0.29, 0.717) is 22.7 Å². The zero-order valence-electron chi connectivity index (χ0n) is 16.9. The van der Waals surface area contributed by atoms with Crippen LogP contribution in [0.15, 0.2) is 78.9 Å². The van der Waals surface area contributed by atoms with Crippen LogP contribution in [-0.2, 0) is 9.59 Å². The third-order valence-corrected chi connectivity index (χ3v) is 6.20. The van der Waals surface area contributed by atoms with Gasteiger partial charge in [0.2, 0.25) is 11.8 Å². The Kier molecular flexibility index (Phi) is 6.18. The number of hydrogen-bond acceptors (Lipinski definition) is 3. The molecule has 1 saturated heterocycles. The molecule has 2 amide bonds. The third kappa shape index (κ3) is 4.86. The fourth-order valence-corrected chi connectivity index (χ4v) is 4.51. The predicted molar refractivity (Wildman–Crippen MR) is 124 cm³/mol. The molecule has 1 unspecified atom stereocenters. The van der Waals surface area contributed by atoms with Gasteiger partial charge in [0.25, 0.3) is 0 Å². The maximum atomic E-state index is 14.0. The van der Waals surface area contributed by atoms with E-state index in [1.54, 1.807) is 42.2 Å². The Morgan fingerprint density at radius 1 is 1.10 bits per heavy atom. The molecule has 156 valence electrons. The first-order valence-corrected chi connectivity index (χ1v) is 10.9. The van der Waals surface area contributed by atoms with Gasteiger partial charge in [-0.25, -0.2) is 4.39 Å². The number of amides is 2. The number of carbonyl (C=O) groups is 2. The summed E-state index contributed by atoms with van der Waals surface area (Å²) in [4.78, 5) is 26.3. The van der Waals surface area contributed by atoms with Gasteiger partial charge in [-0.1, -0.05) is 48.5 Å². The van der Waals surface area contributed by atoms with Gasteiger partial charge in [0, 0.05) is 17.5 Å². The number of carbonyl (C=O) groups excluding carboxylic acids is 2. The van der Waals surface area contributed by atoms with Crippen LogP contribution in [0.25, 0.3) is 6.08 Å². The molecule has 1 N–H and O–H groups in total. The van der Waals surface area contributed by atoms with E-state index in [9.17, 15) is 14.0 Å². The van der Waals surface area contributed by atoms with Crippen molar-refractivity contribution in [2.45, 2.75) is 12.3 Å². The Hall–Kier alpha value is -3.38. The summed E-state index contributed by atoms with van der Waals surface area (Å²) in [6.07, 6.45) is 3.24. The maximum Gasteiger partial charge on any atom is 0.248 e. The molecule has 6 heteroatoms. The molecule has 0 bridgehead atoms. The molecular formula is C25H21FN2O2S. The minimum absolute atomic E-state index is 0.0540. The molecule has 3 aromatic carbocycles. The molecule has 0 saturated carbocycles. The normalized spacial score (nSPS) is 16.1. The minimum Gasteiger partial charge on any atom is -0.323 e. The van der Waals surface area contributed by atoms with Crippen molar-refractivity contribution >= 4 is 41.0 Å². The number of hydrogen-bond donors (Lipinski definition) is 1. The molecule has 1 atom stereocenters. The highest BCUT2D eigenvalue weighted by Crippen LogP contribution is 2.42. The van der Waals surface area contributed by atoms with E-state index in [1.165, 1.54) is 23.9 Å². The number of rotatable bonds is 5. The van der Waals surface area contributed by atoms with Gasteiger partial charge in [-0.2, -0.15) is 0 Å². The zero-order chi connectivity index (χ0) is 21.8. The number of nitrogens with zero attached hydrogens (tertiary/aromatic N) is 1. The lowest BCUT2D eigenvalue weighted by atomic mass is 10.1. The molecule has 4 nitrogen and oxygen atoms in total. The standard InChI is InChI=1S/C25H21FN2O2S/c1-17-7-13-21(15-22(17)26)28-24(30)16-31-25(28)19-9-11-20(12-10-19)27-23(29)14-8-18-5-3-2-4-6-18/h2-15,25H,16H2,1H3,(H,27,29)/b14-8+. The van der Waals surface area contributed by atoms with Crippen LogP contribution in [-0.4, -0.2) is 17.6 Å². The average Bonchev–Trinajstić information content (AvgIpc) is 3.17. The van der Waals surface area contributed by atoms with Gasteiger partial charge in [-0.05, 0) is 54.0 Å². The molecule has 0 aliphatic carbocycles. The number of thioether (sulfide) groups is 1. The SMILES string of the molecule is Cc1ccc(N2C(=O)CSC2c2ccc(NC(=O)/C=C/c3ccccc3)cc2)cc1F. The van der Waals surface area contributed by atoms with Crippen LogP contribution in [0.3, 0.4) is 0 Å². The van der Waals surface area contributed by atoms with E-state index in [4.69, 9.17) is 0 Å². The highest BCUT2D eigenvalue weighted by Gasteiger charge is 2.34. The van der Waals surface area contributed by atoms with Crippen LogP contribution in [0, 0.1) is 12.7 Å². The third-order valence-electron chi connectivity index (χ3n) is 4.99. The lowest BCUT2D eigenvalue weighted by Gasteiger charge is -2.24. The summed E-state index contributed by atoms with van der Waals surface area (Å²) >= 11 is 1.50. The van der Waals surface area contributed by atoms with Gasteiger partial charge in [0.05, 0.1) is 5.75 Å². The maximum absolute atomic E-state index is 14.0. The topological polar surface area (TPSA) is 49.4 Å². The molecule has 31 heavy (non-hydrogen) atoms. The van der Waals surface area contributed by atoms with Crippen molar-refractivity contribution in [2.24, 2.45) is 0 Å². The first kappa shape index (κ1) is 20.9. The van der Waals surface area contributed by atoms with Crippen LogP contribution < -0.4 is 10.2 Å². The van der Waals surface area contributed by atoms with Gasteiger partial charge in [-0.15, -0.1) is 11.8 Å². The smallest absolute Gasteiger partial charge is 0.248 e. The van der Waals surface area contributed by atoms with E-state index in [0.717, 1.165) is 11.1 Å². The number of benzene rings is 3. The summed E-state index contributed by atoms with van der Waals surface area (Å²) in [7, 11) is 0. The molecule has 1 aliphatic rings. The van der Waals surface area contributed by atoms with Crippen LogP contribution in [0.5, 0.6) is 0 Å². The van der Waals surface area contributed by atoms with Gasteiger partial charge in [-0.3, -0.25) is 14.5 Å². The number of halogens is 1. The summed E-state index contributed by atoms with van der Waals surface area (Å²) < 4.78 is 14.0. The monoisotopic (exact) mass is 432 g/mol. The van der Waals surface area contributed by atoms with Crippen LogP contribution in [0.1, 0.15) is 22.1 Å². The number of aryl methyl sites for hydroxylation is 1. The molecule has 1 heterocycles. The molecule has 3 aromatic rings. The predicted octanol–water partition coefficient (Wildman–Crippen LogP) is 5.56. The summed E-state index contributed by atoms with van der Waals surface area (Å²) in [5.41, 5.74) is 3.61. The second-order valence-corrected chi connectivity index (χ2v) is 8.28. The molecule has 1 fully saturated rings. The van der Waals surface area contributed by atoms with Crippen molar-refractivity contribution < 1.29 is 14.0 Å². The van der Waals surface area contributed by atoms with Crippen molar-refractivity contribution in [3.05, 3.63) is 101 Å². The fourth-order valence-electron chi connectivity index (χ4n) is 3.33. The van der Waals surface area contributed by atoms with Crippen molar-refractivity contribution in [3.8, 4) is 0 Å². The van der Waals surface area contributed by atoms with E-state index in [1.807, 2.05) is 42.5 Å². The molecule has 0 aromatic heterocycles. The Bertz CT molecular complexity index is 1130. The average molecular weight is 433 g/mol. The lowest BCUT2D eigenvalue weighted by molar-refractivity contribution is -0.116. The van der Waals surface area contributed by atoms with E-state index in [2.05, 4.69) is 5.32 Å². The lowest BCUT2D eigenvalue weighted by Crippen LogP contribution is -2.27. The summed E-state index contributed by atoms with van der Waals surface area (Å²) in [6.45, 7) is 1.69. The summed E-state index contributed by atoms with van der Waals surface area (Å²) in [5.74, 6) is -0.272. The summed E-state index contributed by atoms with van der Waals surface area (Å²) in [5, 5.41) is 2.59. The second kappa shape index (κ2) is 9.18. The van der Waals surface area contributed by atoms with Gasteiger partial charge >= 0.3 is 0 Å². The largest absolute Gasteiger partial charge is 0.323 e. The molecule has 1 aliphatic heterocycles. The minimum atomic E-state index is -0.331. The highest BCUT2D eigenvalue weighted by molar-refractivity contribution is 8.00. The number of anilines is 2. The van der Waals surface area contributed by atoms with Gasteiger partial charge in [0.1, 0.15) is 11.2 Å². The first-order valence-electron chi connectivity index (χ1n) is 9.85. The zero-order valence-corrected chi connectivity index (χ0v) is 17.7. The second-order valence-electron chi connectivity index (χ2n) is 7.22. The van der Waals surface area contributed by atoms with Crippen molar-refractivity contribution in [1.29, 1.82) is 0 Å². The molecular weight excluding hydrogens is 411 g/mol. The fraction of sp³-hybridized carbons (Fsp3) is 0.120. The van der Waals surface area contributed by atoms with Crippen LogP contribution in [0.4, 0.5) is 15.8 Å².